The standard InChI is InChI=1S/C16H20N2O3S3/c17-16(19)12-10-15(23-11-12)24(20,21)18-8-2-1-4-13(18)6-7-14-5-3-9-22-14/h3,5,9-11,13H,1-2,4,6-8H2,(H2,17,19). The first-order valence-corrected chi connectivity index (χ1v) is 11.1. The van der Waals surface area contributed by atoms with Crippen LogP contribution in [-0.4, -0.2) is 31.2 Å². The van der Waals surface area contributed by atoms with E-state index in [1.165, 1.54) is 16.3 Å². The maximum Gasteiger partial charge on any atom is 0.252 e. The van der Waals surface area contributed by atoms with E-state index in [2.05, 4.69) is 6.07 Å². The van der Waals surface area contributed by atoms with Crippen LogP contribution in [0.5, 0.6) is 0 Å². The highest BCUT2D eigenvalue weighted by atomic mass is 32.2. The third-order valence-electron chi connectivity index (χ3n) is 4.30. The van der Waals surface area contributed by atoms with Crippen LogP contribution in [0.25, 0.3) is 0 Å². The molecule has 5 nitrogen and oxygen atoms in total. The fourth-order valence-electron chi connectivity index (χ4n) is 3.04. The molecule has 1 aliphatic heterocycles. The number of aryl methyl sites for hydroxylation is 1. The summed E-state index contributed by atoms with van der Waals surface area (Å²) in [5, 5.41) is 3.56. The average molecular weight is 385 g/mol. The molecule has 0 radical (unpaired) electrons. The first-order valence-electron chi connectivity index (χ1n) is 7.91. The van der Waals surface area contributed by atoms with Crippen molar-refractivity contribution in [2.75, 3.05) is 6.54 Å². The SMILES string of the molecule is NC(=O)c1csc(S(=O)(=O)N2CCCCC2CCc2cccs2)c1. The quantitative estimate of drug-likeness (QED) is 0.831. The van der Waals surface area contributed by atoms with Crippen molar-refractivity contribution in [2.45, 2.75) is 42.4 Å². The van der Waals surface area contributed by atoms with E-state index in [0.29, 0.717) is 6.54 Å². The van der Waals surface area contributed by atoms with Crippen LogP contribution in [0.1, 0.15) is 40.9 Å². The summed E-state index contributed by atoms with van der Waals surface area (Å²) in [5.74, 6) is -0.597. The fraction of sp³-hybridized carbons (Fsp3) is 0.438. The van der Waals surface area contributed by atoms with E-state index in [1.54, 1.807) is 15.6 Å². The van der Waals surface area contributed by atoms with Gasteiger partial charge in [-0.25, -0.2) is 8.42 Å². The van der Waals surface area contributed by atoms with Crippen LogP contribution < -0.4 is 5.73 Å². The molecule has 2 N–H and O–H groups in total. The number of nitrogens with zero attached hydrogens (tertiary/aromatic N) is 1. The smallest absolute Gasteiger partial charge is 0.252 e. The van der Waals surface area contributed by atoms with Crippen LogP contribution in [0.3, 0.4) is 0 Å². The van der Waals surface area contributed by atoms with Crippen molar-refractivity contribution in [3.8, 4) is 0 Å². The predicted molar refractivity (Wildman–Crippen MR) is 97.0 cm³/mol. The summed E-state index contributed by atoms with van der Waals surface area (Å²) >= 11 is 2.77. The van der Waals surface area contributed by atoms with Gasteiger partial charge in [0.25, 0.3) is 10.0 Å². The third-order valence-corrected chi connectivity index (χ3v) is 8.60. The number of hydrogen-bond acceptors (Lipinski definition) is 5. The van der Waals surface area contributed by atoms with Crippen molar-refractivity contribution in [1.29, 1.82) is 0 Å². The van der Waals surface area contributed by atoms with Gasteiger partial charge in [-0.3, -0.25) is 4.79 Å². The zero-order valence-corrected chi connectivity index (χ0v) is 15.6. The van der Waals surface area contributed by atoms with E-state index in [-0.39, 0.29) is 15.8 Å². The van der Waals surface area contributed by atoms with Gasteiger partial charge in [0.15, 0.2) is 0 Å². The van der Waals surface area contributed by atoms with E-state index >= 15 is 0 Å². The van der Waals surface area contributed by atoms with Crippen molar-refractivity contribution in [2.24, 2.45) is 5.73 Å². The predicted octanol–water partition coefficient (Wildman–Crippen LogP) is 3.08. The van der Waals surface area contributed by atoms with Gasteiger partial charge in [0.1, 0.15) is 4.21 Å². The van der Waals surface area contributed by atoms with Gasteiger partial charge in [-0.1, -0.05) is 12.5 Å². The molecular formula is C16H20N2O3S3. The van der Waals surface area contributed by atoms with Crippen molar-refractivity contribution < 1.29 is 13.2 Å². The van der Waals surface area contributed by atoms with E-state index in [9.17, 15) is 13.2 Å². The minimum absolute atomic E-state index is 0.0185. The van der Waals surface area contributed by atoms with Crippen LogP contribution in [-0.2, 0) is 16.4 Å². The van der Waals surface area contributed by atoms with Crippen molar-refractivity contribution in [3.05, 3.63) is 39.4 Å². The molecule has 130 valence electrons. The normalized spacial score (nSPS) is 19.4. The first-order chi connectivity index (χ1) is 11.5. The second kappa shape index (κ2) is 7.35. The Kier molecular flexibility index (Phi) is 5.39. The van der Waals surface area contributed by atoms with Gasteiger partial charge in [-0.2, -0.15) is 4.31 Å². The van der Waals surface area contributed by atoms with Crippen molar-refractivity contribution in [3.63, 3.8) is 0 Å². The monoisotopic (exact) mass is 384 g/mol. The molecule has 1 aliphatic rings. The molecule has 3 heterocycles. The highest BCUT2D eigenvalue weighted by Gasteiger charge is 2.34. The molecule has 0 aliphatic carbocycles. The number of sulfonamides is 1. The Morgan fingerprint density at radius 2 is 2.17 bits per heavy atom. The van der Waals surface area contributed by atoms with E-state index < -0.39 is 15.9 Å². The molecule has 1 amide bonds. The zero-order valence-electron chi connectivity index (χ0n) is 13.2. The summed E-state index contributed by atoms with van der Waals surface area (Å²) in [4.78, 5) is 12.5. The molecule has 2 aromatic rings. The van der Waals surface area contributed by atoms with E-state index in [4.69, 9.17) is 5.73 Å². The van der Waals surface area contributed by atoms with Gasteiger partial charge in [-0.05, 0) is 43.2 Å². The van der Waals surface area contributed by atoms with E-state index in [0.717, 1.165) is 43.4 Å². The Morgan fingerprint density at radius 1 is 1.33 bits per heavy atom. The third kappa shape index (κ3) is 3.72. The van der Waals surface area contributed by atoms with Crippen molar-refractivity contribution in [1.82, 2.24) is 4.31 Å². The Morgan fingerprint density at radius 3 is 2.83 bits per heavy atom. The molecule has 0 bridgehead atoms. The number of hydrogen-bond donors (Lipinski definition) is 1. The average Bonchev–Trinajstić information content (AvgIpc) is 3.25. The molecule has 1 saturated heterocycles. The molecule has 0 spiro atoms. The summed E-state index contributed by atoms with van der Waals surface area (Å²) in [7, 11) is -3.57. The molecule has 1 atom stereocenters. The first kappa shape index (κ1) is 17.6. The maximum absolute atomic E-state index is 13.0. The molecule has 3 rings (SSSR count). The van der Waals surface area contributed by atoms with Crippen LogP contribution in [0.15, 0.2) is 33.2 Å². The van der Waals surface area contributed by atoms with Gasteiger partial charge in [0.05, 0.1) is 5.56 Å². The largest absolute Gasteiger partial charge is 0.366 e. The fourth-order valence-corrected chi connectivity index (χ4v) is 6.78. The molecule has 24 heavy (non-hydrogen) atoms. The van der Waals surface area contributed by atoms with E-state index in [1.807, 2.05) is 11.4 Å². The lowest BCUT2D eigenvalue weighted by atomic mass is 10.0. The van der Waals surface area contributed by atoms with Gasteiger partial charge < -0.3 is 5.73 Å². The van der Waals surface area contributed by atoms with Crippen LogP contribution in [0.4, 0.5) is 0 Å². The van der Waals surface area contributed by atoms with Crippen LogP contribution in [0, 0.1) is 0 Å². The summed E-state index contributed by atoms with van der Waals surface area (Å²) in [6.07, 6.45) is 4.54. The van der Waals surface area contributed by atoms with Gasteiger partial charge in [-0.15, -0.1) is 22.7 Å². The zero-order chi connectivity index (χ0) is 17.2. The number of carbonyl (C=O) groups is 1. The lowest BCUT2D eigenvalue weighted by molar-refractivity contribution is 0.100. The summed E-state index contributed by atoms with van der Waals surface area (Å²) < 4.78 is 27.8. The highest BCUT2D eigenvalue weighted by Crippen LogP contribution is 2.31. The van der Waals surface area contributed by atoms with Crippen LogP contribution >= 0.6 is 22.7 Å². The number of rotatable bonds is 6. The second-order valence-corrected chi connectivity index (χ2v) is 9.96. The summed E-state index contributed by atoms with van der Waals surface area (Å²) in [6.45, 7) is 0.543. The van der Waals surface area contributed by atoms with Crippen molar-refractivity contribution >= 4 is 38.6 Å². The number of piperidine rings is 1. The Labute approximate surface area is 150 Å². The minimum Gasteiger partial charge on any atom is -0.366 e. The minimum atomic E-state index is -3.57. The number of amides is 1. The molecule has 1 fully saturated rings. The summed E-state index contributed by atoms with van der Waals surface area (Å²) in [5.41, 5.74) is 5.49. The molecule has 8 heteroatoms. The Balaban J connectivity index is 1.78. The number of primary amides is 1. The number of carbonyl (C=O) groups excluding carboxylic acids is 1. The topological polar surface area (TPSA) is 80.5 Å². The number of nitrogens with two attached hydrogens (primary N) is 1. The molecule has 0 aromatic carbocycles. The molecule has 1 unspecified atom stereocenters. The molecular weight excluding hydrogens is 364 g/mol. The Hall–Kier alpha value is -1.22. The second-order valence-electron chi connectivity index (χ2n) is 5.90. The van der Waals surface area contributed by atoms with Gasteiger partial charge >= 0.3 is 0 Å². The van der Waals surface area contributed by atoms with Gasteiger partial charge in [0.2, 0.25) is 5.91 Å². The summed E-state index contributed by atoms with van der Waals surface area (Å²) in [6, 6.07) is 5.52. The lowest BCUT2D eigenvalue weighted by Crippen LogP contribution is -2.43. The lowest BCUT2D eigenvalue weighted by Gasteiger charge is -2.34. The highest BCUT2D eigenvalue weighted by molar-refractivity contribution is 7.91. The van der Waals surface area contributed by atoms with Gasteiger partial charge in [0, 0.05) is 22.8 Å². The maximum atomic E-state index is 13.0. The molecule has 0 saturated carbocycles. The number of thiophene rings is 2. The molecule has 2 aromatic heterocycles. The van der Waals surface area contributed by atoms with Crippen LogP contribution in [0.2, 0.25) is 0 Å². The Bertz CT molecular complexity index is 796.